The highest BCUT2D eigenvalue weighted by Gasteiger charge is 2.46. The highest BCUT2D eigenvalue weighted by Crippen LogP contribution is 2.34. The van der Waals surface area contributed by atoms with Gasteiger partial charge in [0.15, 0.2) is 0 Å². The molecule has 1 heterocycles. The number of carbonyl (C=O) groups is 2. The molecule has 1 saturated heterocycles. The van der Waals surface area contributed by atoms with E-state index in [0.717, 1.165) is 24.8 Å². The van der Waals surface area contributed by atoms with Crippen molar-refractivity contribution in [2.24, 2.45) is 11.8 Å². The van der Waals surface area contributed by atoms with E-state index in [2.05, 4.69) is 0 Å². The summed E-state index contributed by atoms with van der Waals surface area (Å²) in [5.41, 5.74) is 1.16. The van der Waals surface area contributed by atoms with Gasteiger partial charge in [0.2, 0.25) is 11.8 Å². The summed E-state index contributed by atoms with van der Waals surface area (Å²) in [7, 11) is 0. The van der Waals surface area contributed by atoms with Crippen LogP contribution in [-0.2, 0) is 16.0 Å². The first kappa shape index (κ1) is 12.2. The van der Waals surface area contributed by atoms with Crippen LogP contribution in [0.2, 0.25) is 0 Å². The van der Waals surface area contributed by atoms with Crippen molar-refractivity contribution in [2.45, 2.75) is 19.3 Å². The fourth-order valence-electron chi connectivity index (χ4n) is 2.96. The molecule has 0 saturated carbocycles. The lowest BCUT2D eigenvalue weighted by Crippen LogP contribution is -2.33. The number of allylic oxidation sites excluding steroid dienone is 1. The molecule has 0 radical (unpaired) electrons. The predicted molar refractivity (Wildman–Crippen MR) is 72.2 cm³/mol. The highest BCUT2D eigenvalue weighted by atomic mass is 16.2. The van der Waals surface area contributed by atoms with E-state index in [0.29, 0.717) is 6.54 Å². The second-order valence-electron chi connectivity index (χ2n) is 5.20. The van der Waals surface area contributed by atoms with Crippen LogP contribution in [0.3, 0.4) is 0 Å². The monoisotopic (exact) mass is 255 g/mol. The Bertz CT molecular complexity index is 521. The second kappa shape index (κ2) is 5.00. The Balaban J connectivity index is 1.70. The summed E-state index contributed by atoms with van der Waals surface area (Å²) < 4.78 is 0. The van der Waals surface area contributed by atoms with Crippen molar-refractivity contribution in [3.63, 3.8) is 0 Å². The van der Waals surface area contributed by atoms with Crippen LogP contribution in [0.5, 0.6) is 0 Å². The average Bonchev–Trinajstić information content (AvgIpc) is 2.71. The van der Waals surface area contributed by atoms with Gasteiger partial charge in [-0.3, -0.25) is 14.5 Å². The zero-order valence-corrected chi connectivity index (χ0v) is 10.8. The third-order valence-electron chi connectivity index (χ3n) is 4.02. The lowest BCUT2D eigenvalue weighted by Gasteiger charge is -2.14. The number of nitrogens with zero attached hydrogens (tertiary/aromatic N) is 1. The van der Waals surface area contributed by atoms with Gasteiger partial charge in [0.05, 0.1) is 11.8 Å². The Morgan fingerprint density at radius 2 is 1.89 bits per heavy atom. The van der Waals surface area contributed by atoms with Crippen molar-refractivity contribution in [3.8, 4) is 0 Å². The van der Waals surface area contributed by atoms with Gasteiger partial charge in [-0.05, 0) is 24.8 Å². The average molecular weight is 255 g/mol. The molecule has 1 aliphatic carbocycles. The van der Waals surface area contributed by atoms with Crippen LogP contribution in [0.25, 0.3) is 0 Å². The smallest absolute Gasteiger partial charge is 0.236 e. The van der Waals surface area contributed by atoms with Crippen molar-refractivity contribution >= 4 is 11.8 Å². The van der Waals surface area contributed by atoms with Crippen LogP contribution in [0.4, 0.5) is 0 Å². The maximum Gasteiger partial charge on any atom is 0.236 e. The van der Waals surface area contributed by atoms with Crippen molar-refractivity contribution in [1.82, 2.24) is 4.90 Å². The molecule has 2 amide bonds. The maximum absolute atomic E-state index is 12.2. The van der Waals surface area contributed by atoms with Crippen LogP contribution in [0.1, 0.15) is 18.4 Å². The summed E-state index contributed by atoms with van der Waals surface area (Å²) in [5.74, 6) is -0.289. The van der Waals surface area contributed by atoms with Crippen LogP contribution in [-0.4, -0.2) is 23.3 Å². The maximum atomic E-state index is 12.2. The van der Waals surface area contributed by atoms with E-state index in [1.54, 1.807) is 0 Å². The number of amides is 2. The molecule has 0 N–H and O–H groups in total. The minimum atomic E-state index is -0.197. The van der Waals surface area contributed by atoms with Gasteiger partial charge in [-0.1, -0.05) is 42.5 Å². The third-order valence-corrected chi connectivity index (χ3v) is 4.02. The molecule has 1 aliphatic heterocycles. The van der Waals surface area contributed by atoms with Crippen molar-refractivity contribution in [3.05, 3.63) is 48.0 Å². The molecule has 1 fully saturated rings. The van der Waals surface area contributed by atoms with Gasteiger partial charge in [0.25, 0.3) is 0 Å². The standard InChI is InChI=1S/C16H17NO2/c18-15-13-8-4-5-9-14(13)16(19)17(15)11-10-12-6-2-1-3-7-12/h1-4,6-8,13-14H,5,9-11H2/t13-,14+/m1/s1. The lowest BCUT2D eigenvalue weighted by molar-refractivity contribution is -0.139. The molecule has 0 spiro atoms. The number of imide groups is 1. The Morgan fingerprint density at radius 1 is 1.11 bits per heavy atom. The molecule has 0 bridgehead atoms. The molecule has 98 valence electrons. The van der Waals surface area contributed by atoms with Gasteiger partial charge in [0.1, 0.15) is 0 Å². The van der Waals surface area contributed by atoms with Gasteiger partial charge in [-0.2, -0.15) is 0 Å². The van der Waals surface area contributed by atoms with E-state index in [9.17, 15) is 9.59 Å². The number of hydrogen-bond acceptors (Lipinski definition) is 2. The van der Waals surface area contributed by atoms with Gasteiger partial charge in [0, 0.05) is 6.54 Å². The second-order valence-corrected chi connectivity index (χ2v) is 5.20. The number of carbonyl (C=O) groups excluding carboxylic acids is 2. The van der Waals surface area contributed by atoms with Gasteiger partial charge in [-0.25, -0.2) is 0 Å². The summed E-state index contributed by atoms with van der Waals surface area (Å²) in [4.78, 5) is 25.9. The predicted octanol–water partition coefficient (Wildman–Crippen LogP) is 2.18. The fourth-order valence-corrected chi connectivity index (χ4v) is 2.96. The summed E-state index contributed by atoms with van der Waals surface area (Å²) in [5, 5.41) is 0. The van der Waals surface area contributed by atoms with Crippen LogP contribution in [0.15, 0.2) is 42.5 Å². The third kappa shape index (κ3) is 2.21. The topological polar surface area (TPSA) is 37.4 Å². The first-order valence-electron chi connectivity index (χ1n) is 6.83. The fraction of sp³-hybridized carbons (Fsp3) is 0.375. The summed E-state index contributed by atoms with van der Waals surface area (Å²) in [6, 6.07) is 9.97. The van der Waals surface area contributed by atoms with Gasteiger partial charge in [-0.15, -0.1) is 0 Å². The van der Waals surface area contributed by atoms with Crippen LogP contribution < -0.4 is 0 Å². The first-order chi connectivity index (χ1) is 9.27. The number of benzene rings is 1. The summed E-state index contributed by atoms with van der Waals surface area (Å²) in [6.07, 6.45) is 6.39. The van der Waals surface area contributed by atoms with E-state index in [1.807, 2.05) is 42.5 Å². The molecule has 0 unspecified atom stereocenters. The Hall–Kier alpha value is -1.90. The molecular weight excluding hydrogens is 238 g/mol. The summed E-state index contributed by atoms with van der Waals surface area (Å²) in [6.45, 7) is 0.503. The zero-order valence-electron chi connectivity index (χ0n) is 10.8. The van der Waals surface area contributed by atoms with E-state index in [-0.39, 0.29) is 23.7 Å². The Morgan fingerprint density at radius 3 is 2.63 bits per heavy atom. The molecule has 3 rings (SSSR count). The largest absolute Gasteiger partial charge is 0.281 e. The quantitative estimate of drug-likeness (QED) is 0.613. The highest BCUT2D eigenvalue weighted by molar-refractivity contribution is 6.06. The molecule has 3 heteroatoms. The van der Waals surface area contributed by atoms with Crippen molar-refractivity contribution in [2.75, 3.05) is 6.54 Å². The van der Waals surface area contributed by atoms with E-state index in [1.165, 1.54) is 4.90 Å². The minimum Gasteiger partial charge on any atom is -0.281 e. The summed E-state index contributed by atoms with van der Waals surface area (Å²) >= 11 is 0. The molecule has 3 nitrogen and oxygen atoms in total. The number of likely N-dealkylation sites (tertiary alicyclic amines) is 1. The van der Waals surface area contributed by atoms with Crippen LogP contribution >= 0.6 is 0 Å². The van der Waals surface area contributed by atoms with Gasteiger partial charge >= 0.3 is 0 Å². The Labute approximate surface area is 112 Å². The lowest BCUT2D eigenvalue weighted by atomic mass is 9.86. The van der Waals surface area contributed by atoms with Crippen molar-refractivity contribution < 1.29 is 9.59 Å². The van der Waals surface area contributed by atoms with E-state index < -0.39 is 0 Å². The number of hydrogen-bond donors (Lipinski definition) is 0. The number of fused-ring (bicyclic) bond motifs is 1. The molecule has 0 aromatic heterocycles. The van der Waals surface area contributed by atoms with Crippen molar-refractivity contribution in [1.29, 1.82) is 0 Å². The van der Waals surface area contributed by atoms with Gasteiger partial charge < -0.3 is 0 Å². The molecular formula is C16H17NO2. The SMILES string of the molecule is O=C1[C@H]2CCC=C[C@H]2C(=O)N1CCc1ccccc1. The molecule has 1 aromatic rings. The Kier molecular flexibility index (Phi) is 3.20. The van der Waals surface area contributed by atoms with E-state index >= 15 is 0 Å². The molecule has 19 heavy (non-hydrogen) atoms. The first-order valence-corrected chi connectivity index (χ1v) is 6.83. The molecule has 2 aliphatic rings. The van der Waals surface area contributed by atoms with E-state index in [4.69, 9.17) is 0 Å². The van der Waals surface area contributed by atoms with Crippen LogP contribution in [0, 0.1) is 11.8 Å². The number of rotatable bonds is 3. The normalized spacial score (nSPS) is 25.8. The zero-order chi connectivity index (χ0) is 13.2. The molecule has 1 aromatic carbocycles. The minimum absolute atomic E-state index is 0.0121. The molecule has 2 atom stereocenters.